The molecule has 0 aromatic heterocycles. The van der Waals surface area contributed by atoms with Gasteiger partial charge in [-0.05, 0) is 17.5 Å². The van der Waals surface area contributed by atoms with Gasteiger partial charge in [-0.25, -0.2) is 4.79 Å². The summed E-state index contributed by atoms with van der Waals surface area (Å²) in [6.07, 6.45) is -0.365. The van der Waals surface area contributed by atoms with Crippen LogP contribution in [0.2, 0.25) is 5.02 Å². The Morgan fingerprint density at radius 3 is 2.38 bits per heavy atom. The lowest BCUT2D eigenvalue weighted by Gasteiger charge is -2.14. The van der Waals surface area contributed by atoms with Crippen LogP contribution in [0.4, 0.5) is 0 Å². The second kappa shape index (κ2) is 4.61. The molecule has 1 aliphatic rings. The molecular formula is C18H11ClO2. The van der Waals surface area contributed by atoms with Gasteiger partial charge in [0.25, 0.3) is 0 Å². The standard InChI is InChI=1S/C18H11ClO2/c19-16-10-9-14(11-5-1-2-6-12(11)16)17-13-7-3-4-8-15(13)18(20)21-17/h1-10,17H/t17-/m1/s1. The van der Waals surface area contributed by atoms with Gasteiger partial charge in [0.15, 0.2) is 6.10 Å². The van der Waals surface area contributed by atoms with Crippen LogP contribution in [0.25, 0.3) is 10.8 Å². The molecular weight excluding hydrogens is 284 g/mol. The van der Waals surface area contributed by atoms with Gasteiger partial charge in [-0.3, -0.25) is 0 Å². The number of esters is 1. The van der Waals surface area contributed by atoms with E-state index >= 15 is 0 Å². The van der Waals surface area contributed by atoms with Crippen molar-refractivity contribution in [1.29, 1.82) is 0 Å². The van der Waals surface area contributed by atoms with Gasteiger partial charge in [-0.2, -0.15) is 0 Å². The molecule has 3 aromatic rings. The molecule has 1 heterocycles. The molecule has 0 fully saturated rings. The molecule has 0 saturated heterocycles. The second-order valence-electron chi connectivity index (χ2n) is 5.05. The Morgan fingerprint density at radius 1 is 0.810 bits per heavy atom. The predicted octanol–water partition coefficient (Wildman–Crippen LogP) is 4.75. The molecule has 0 unspecified atom stereocenters. The third-order valence-corrected chi connectivity index (χ3v) is 4.20. The van der Waals surface area contributed by atoms with E-state index in [4.69, 9.17) is 16.3 Å². The third kappa shape index (κ3) is 1.83. The number of halogens is 1. The smallest absolute Gasteiger partial charge is 0.339 e. The maximum atomic E-state index is 12.0. The summed E-state index contributed by atoms with van der Waals surface area (Å²) in [6, 6.07) is 19.2. The van der Waals surface area contributed by atoms with Crippen molar-refractivity contribution >= 4 is 28.3 Å². The molecule has 3 aromatic carbocycles. The lowest BCUT2D eigenvalue weighted by Crippen LogP contribution is -2.01. The molecule has 0 spiro atoms. The van der Waals surface area contributed by atoms with Crippen LogP contribution in [-0.4, -0.2) is 5.97 Å². The Hall–Kier alpha value is -2.32. The molecule has 3 heteroatoms. The Kier molecular flexibility index (Phi) is 2.72. The minimum absolute atomic E-state index is 0.269. The molecule has 0 amide bonds. The van der Waals surface area contributed by atoms with Crippen LogP contribution in [0.1, 0.15) is 27.6 Å². The summed E-state index contributed by atoms with van der Waals surface area (Å²) < 4.78 is 5.58. The minimum atomic E-state index is -0.365. The normalized spacial score (nSPS) is 16.8. The highest BCUT2D eigenvalue weighted by molar-refractivity contribution is 6.35. The number of hydrogen-bond donors (Lipinski definition) is 0. The zero-order chi connectivity index (χ0) is 14.4. The zero-order valence-corrected chi connectivity index (χ0v) is 11.8. The van der Waals surface area contributed by atoms with Gasteiger partial charge in [0, 0.05) is 21.5 Å². The Morgan fingerprint density at radius 2 is 1.52 bits per heavy atom. The fourth-order valence-corrected chi connectivity index (χ4v) is 3.12. The van der Waals surface area contributed by atoms with E-state index in [2.05, 4.69) is 0 Å². The molecule has 2 nitrogen and oxygen atoms in total. The highest BCUT2D eigenvalue weighted by atomic mass is 35.5. The SMILES string of the molecule is O=C1O[C@@H](c2ccc(Cl)c3ccccc23)c2ccccc21. The van der Waals surface area contributed by atoms with Gasteiger partial charge in [0.05, 0.1) is 5.56 Å². The second-order valence-corrected chi connectivity index (χ2v) is 5.46. The highest BCUT2D eigenvalue weighted by Crippen LogP contribution is 2.39. The molecule has 0 N–H and O–H groups in total. The molecule has 1 aliphatic heterocycles. The topological polar surface area (TPSA) is 26.3 Å². The Bertz CT molecular complexity index is 870. The predicted molar refractivity (Wildman–Crippen MR) is 82.7 cm³/mol. The van der Waals surface area contributed by atoms with Crippen LogP contribution >= 0.6 is 11.6 Å². The van der Waals surface area contributed by atoms with E-state index in [0.29, 0.717) is 10.6 Å². The quantitative estimate of drug-likeness (QED) is 0.605. The number of hydrogen-bond acceptors (Lipinski definition) is 2. The van der Waals surface area contributed by atoms with Crippen LogP contribution in [0.15, 0.2) is 60.7 Å². The van der Waals surface area contributed by atoms with E-state index in [1.54, 1.807) is 6.07 Å². The van der Waals surface area contributed by atoms with Crippen molar-refractivity contribution in [2.75, 3.05) is 0 Å². The maximum Gasteiger partial charge on any atom is 0.339 e. The molecule has 0 bridgehead atoms. The first kappa shape index (κ1) is 12.4. The van der Waals surface area contributed by atoms with Crippen molar-refractivity contribution in [3.63, 3.8) is 0 Å². The fraction of sp³-hybridized carbons (Fsp3) is 0.0556. The van der Waals surface area contributed by atoms with E-state index in [-0.39, 0.29) is 12.1 Å². The van der Waals surface area contributed by atoms with Crippen molar-refractivity contribution < 1.29 is 9.53 Å². The van der Waals surface area contributed by atoms with E-state index in [1.165, 1.54) is 0 Å². The highest BCUT2D eigenvalue weighted by Gasteiger charge is 2.32. The number of carbonyl (C=O) groups is 1. The van der Waals surface area contributed by atoms with E-state index in [0.717, 1.165) is 21.9 Å². The first-order valence-corrected chi connectivity index (χ1v) is 7.10. The monoisotopic (exact) mass is 294 g/mol. The van der Waals surface area contributed by atoms with Crippen molar-refractivity contribution in [3.05, 3.63) is 82.4 Å². The zero-order valence-electron chi connectivity index (χ0n) is 11.0. The van der Waals surface area contributed by atoms with Crippen LogP contribution in [-0.2, 0) is 4.74 Å². The molecule has 0 radical (unpaired) electrons. The number of ether oxygens (including phenoxy) is 1. The summed E-state index contributed by atoms with van der Waals surface area (Å²) in [5.41, 5.74) is 2.52. The summed E-state index contributed by atoms with van der Waals surface area (Å²) >= 11 is 6.26. The van der Waals surface area contributed by atoms with E-state index in [1.807, 2.05) is 54.6 Å². The van der Waals surface area contributed by atoms with Gasteiger partial charge in [0.2, 0.25) is 0 Å². The number of benzene rings is 3. The van der Waals surface area contributed by atoms with E-state index in [9.17, 15) is 4.79 Å². The third-order valence-electron chi connectivity index (χ3n) is 3.88. The summed E-state index contributed by atoms with van der Waals surface area (Å²) in [5.74, 6) is -0.269. The van der Waals surface area contributed by atoms with Gasteiger partial charge in [0.1, 0.15) is 0 Å². The van der Waals surface area contributed by atoms with Crippen molar-refractivity contribution in [2.24, 2.45) is 0 Å². The van der Waals surface area contributed by atoms with Crippen LogP contribution in [0, 0.1) is 0 Å². The van der Waals surface area contributed by atoms with Crippen LogP contribution < -0.4 is 0 Å². The fourth-order valence-electron chi connectivity index (χ4n) is 2.89. The number of rotatable bonds is 1. The molecule has 21 heavy (non-hydrogen) atoms. The lowest BCUT2D eigenvalue weighted by atomic mass is 9.95. The summed E-state index contributed by atoms with van der Waals surface area (Å²) in [5, 5.41) is 2.68. The molecule has 1 atom stereocenters. The molecule has 102 valence electrons. The summed E-state index contributed by atoms with van der Waals surface area (Å²) in [4.78, 5) is 12.0. The Labute approximate surface area is 126 Å². The maximum absolute atomic E-state index is 12.0. The van der Waals surface area contributed by atoms with Gasteiger partial charge < -0.3 is 4.74 Å². The Balaban J connectivity index is 1.97. The number of cyclic esters (lactones) is 1. The lowest BCUT2D eigenvalue weighted by molar-refractivity contribution is 0.0458. The van der Waals surface area contributed by atoms with E-state index < -0.39 is 0 Å². The minimum Gasteiger partial charge on any atom is -0.449 e. The number of fused-ring (bicyclic) bond motifs is 2. The van der Waals surface area contributed by atoms with Crippen molar-refractivity contribution in [3.8, 4) is 0 Å². The first-order valence-electron chi connectivity index (χ1n) is 6.73. The van der Waals surface area contributed by atoms with Gasteiger partial charge in [-0.15, -0.1) is 0 Å². The van der Waals surface area contributed by atoms with Crippen molar-refractivity contribution in [2.45, 2.75) is 6.10 Å². The summed E-state index contributed by atoms with van der Waals surface area (Å²) in [6.45, 7) is 0. The average molecular weight is 295 g/mol. The van der Waals surface area contributed by atoms with Crippen LogP contribution in [0.3, 0.4) is 0 Å². The van der Waals surface area contributed by atoms with Gasteiger partial charge >= 0.3 is 5.97 Å². The average Bonchev–Trinajstić information content (AvgIpc) is 2.86. The molecule has 4 rings (SSSR count). The molecule has 0 aliphatic carbocycles. The summed E-state index contributed by atoms with van der Waals surface area (Å²) in [7, 11) is 0. The van der Waals surface area contributed by atoms with Gasteiger partial charge in [-0.1, -0.05) is 60.1 Å². The largest absolute Gasteiger partial charge is 0.449 e. The first-order chi connectivity index (χ1) is 10.3. The number of carbonyl (C=O) groups excluding carboxylic acids is 1. The van der Waals surface area contributed by atoms with Crippen molar-refractivity contribution in [1.82, 2.24) is 0 Å². The molecule has 0 saturated carbocycles. The van der Waals surface area contributed by atoms with Crippen LogP contribution in [0.5, 0.6) is 0 Å².